The summed E-state index contributed by atoms with van der Waals surface area (Å²) >= 11 is 5.88. The molecule has 9 nitrogen and oxygen atoms in total. The topological polar surface area (TPSA) is 106 Å². The molecule has 1 aliphatic rings. The van der Waals surface area contributed by atoms with E-state index in [9.17, 15) is 4.79 Å². The van der Waals surface area contributed by atoms with Crippen molar-refractivity contribution < 1.29 is 18.8 Å². The van der Waals surface area contributed by atoms with E-state index in [4.69, 9.17) is 25.6 Å². The first kappa shape index (κ1) is 21.3. The molecule has 31 heavy (non-hydrogen) atoms. The molecular formula is C21H24ClN5O4. The van der Waals surface area contributed by atoms with Gasteiger partial charge in [0.15, 0.2) is 5.82 Å². The fourth-order valence-electron chi connectivity index (χ4n) is 3.35. The number of aryl methyl sites for hydroxylation is 2. The highest BCUT2D eigenvalue weighted by Crippen LogP contribution is 2.22. The molecule has 3 aromatic rings. The largest absolute Gasteiger partial charge is 0.493 e. The van der Waals surface area contributed by atoms with E-state index < -0.39 is 0 Å². The van der Waals surface area contributed by atoms with Crippen molar-refractivity contribution in [3.63, 3.8) is 0 Å². The Morgan fingerprint density at radius 2 is 2.16 bits per heavy atom. The molecule has 0 unspecified atom stereocenters. The Bertz CT molecular complexity index is 1000. The van der Waals surface area contributed by atoms with Crippen LogP contribution >= 0.6 is 11.6 Å². The standard InChI is InChI=1S/C21H24ClN5O4/c1-14-23-20(31-26-14)6-7-21(28)27-9-11-30-19(13-27)18-12-16(24-25-18)8-10-29-17-4-2-15(22)3-5-17/h2-5,12,19H,6-11,13H2,1H3,(H,24,25)/t19-/m1/s1. The summed E-state index contributed by atoms with van der Waals surface area (Å²) in [5, 5.41) is 11.8. The number of carbonyl (C=O) groups is 1. The van der Waals surface area contributed by atoms with Gasteiger partial charge in [-0.25, -0.2) is 0 Å². The third-order valence-electron chi connectivity index (χ3n) is 4.98. The number of aromatic nitrogens is 4. The Labute approximate surface area is 184 Å². The molecule has 1 saturated heterocycles. The van der Waals surface area contributed by atoms with Gasteiger partial charge < -0.3 is 18.9 Å². The van der Waals surface area contributed by atoms with E-state index in [0.717, 1.165) is 17.1 Å². The molecule has 0 radical (unpaired) electrons. The van der Waals surface area contributed by atoms with Crippen LogP contribution < -0.4 is 4.74 Å². The normalized spacial score (nSPS) is 16.5. The molecular weight excluding hydrogens is 422 g/mol. The van der Waals surface area contributed by atoms with E-state index in [2.05, 4.69) is 20.3 Å². The SMILES string of the molecule is Cc1noc(CCC(=O)N2CCO[C@@H](c3cc(CCOc4ccc(Cl)cc4)[nH]n3)C2)n1. The summed E-state index contributed by atoms with van der Waals surface area (Å²) in [5.74, 6) is 1.86. The molecule has 4 rings (SSSR count). The molecule has 1 atom stereocenters. The number of morpholine rings is 1. The van der Waals surface area contributed by atoms with Gasteiger partial charge in [0.05, 0.1) is 25.5 Å². The highest BCUT2D eigenvalue weighted by molar-refractivity contribution is 6.30. The van der Waals surface area contributed by atoms with Crippen LogP contribution in [0.2, 0.25) is 5.02 Å². The van der Waals surface area contributed by atoms with E-state index in [0.29, 0.717) is 62.3 Å². The van der Waals surface area contributed by atoms with Gasteiger partial charge in [0, 0.05) is 36.5 Å². The second-order valence-electron chi connectivity index (χ2n) is 7.30. The Morgan fingerprint density at radius 1 is 1.32 bits per heavy atom. The van der Waals surface area contributed by atoms with Crippen molar-refractivity contribution in [2.45, 2.75) is 32.3 Å². The summed E-state index contributed by atoms with van der Waals surface area (Å²) in [4.78, 5) is 18.5. The smallest absolute Gasteiger partial charge is 0.227 e. The summed E-state index contributed by atoms with van der Waals surface area (Å²) in [7, 11) is 0. The van der Waals surface area contributed by atoms with Crippen molar-refractivity contribution in [1.29, 1.82) is 0 Å². The van der Waals surface area contributed by atoms with E-state index in [-0.39, 0.29) is 12.0 Å². The van der Waals surface area contributed by atoms with Crippen molar-refractivity contribution in [3.05, 3.63) is 58.5 Å². The van der Waals surface area contributed by atoms with Gasteiger partial charge >= 0.3 is 0 Å². The second-order valence-corrected chi connectivity index (χ2v) is 7.74. The number of nitrogens with zero attached hydrogens (tertiary/aromatic N) is 4. The van der Waals surface area contributed by atoms with Crippen LogP contribution in [-0.2, 0) is 22.4 Å². The number of H-pyrrole nitrogens is 1. The third kappa shape index (κ3) is 5.83. The fourth-order valence-corrected chi connectivity index (χ4v) is 3.48. The zero-order valence-corrected chi connectivity index (χ0v) is 18.0. The maximum Gasteiger partial charge on any atom is 0.227 e. The van der Waals surface area contributed by atoms with Gasteiger partial charge in [0.25, 0.3) is 0 Å². The average Bonchev–Trinajstić information content (AvgIpc) is 3.42. The predicted octanol–water partition coefficient (Wildman–Crippen LogP) is 2.91. The van der Waals surface area contributed by atoms with Gasteiger partial charge in [-0.1, -0.05) is 16.8 Å². The molecule has 1 N–H and O–H groups in total. The average molecular weight is 446 g/mol. The number of ether oxygens (including phenoxy) is 2. The Kier molecular flexibility index (Phi) is 6.83. The van der Waals surface area contributed by atoms with E-state index in [1.807, 2.05) is 18.2 Å². The lowest BCUT2D eigenvalue weighted by molar-refractivity contribution is -0.139. The first-order chi connectivity index (χ1) is 15.1. The highest BCUT2D eigenvalue weighted by atomic mass is 35.5. The van der Waals surface area contributed by atoms with E-state index >= 15 is 0 Å². The maximum absolute atomic E-state index is 12.6. The number of halogens is 1. The molecule has 10 heteroatoms. The molecule has 0 saturated carbocycles. The molecule has 0 spiro atoms. The van der Waals surface area contributed by atoms with E-state index in [1.54, 1.807) is 24.0 Å². The lowest BCUT2D eigenvalue weighted by Gasteiger charge is -2.32. The van der Waals surface area contributed by atoms with Crippen molar-refractivity contribution >= 4 is 17.5 Å². The van der Waals surface area contributed by atoms with Crippen LogP contribution in [0.15, 0.2) is 34.9 Å². The highest BCUT2D eigenvalue weighted by Gasteiger charge is 2.27. The molecule has 1 aromatic carbocycles. The van der Waals surface area contributed by atoms with E-state index in [1.165, 1.54) is 0 Å². The molecule has 2 aromatic heterocycles. The van der Waals surface area contributed by atoms with Crippen LogP contribution in [0.4, 0.5) is 0 Å². The van der Waals surface area contributed by atoms with Gasteiger partial charge in [0.1, 0.15) is 11.9 Å². The summed E-state index contributed by atoms with van der Waals surface area (Å²) in [6, 6.07) is 9.22. The molecule has 164 valence electrons. The number of hydrogen-bond donors (Lipinski definition) is 1. The van der Waals surface area contributed by atoms with Crippen LogP contribution in [0.1, 0.15) is 35.6 Å². The quantitative estimate of drug-likeness (QED) is 0.568. The van der Waals surface area contributed by atoms with Crippen molar-refractivity contribution in [3.8, 4) is 5.75 Å². The molecule has 1 aliphatic heterocycles. The minimum absolute atomic E-state index is 0.0382. The number of rotatable bonds is 8. The van der Waals surface area contributed by atoms with Gasteiger partial charge in [0.2, 0.25) is 11.8 Å². The molecule has 1 amide bonds. The summed E-state index contributed by atoms with van der Waals surface area (Å²) < 4.78 is 16.6. The van der Waals surface area contributed by atoms with Crippen LogP contribution in [-0.4, -0.2) is 57.4 Å². The molecule has 0 bridgehead atoms. The minimum atomic E-state index is -0.259. The molecule has 0 aliphatic carbocycles. The predicted molar refractivity (Wildman–Crippen MR) is 112 cm³/mol. The molecule has 1 fully saturated rings. The summed E-state index contributed by atoms with van der Waals surface area (Å²) in [6.07, 6.45) is 1.17. The first-order valence-corrected chi connectivity index (χ1v) is 10.6. The van der Waals surface area contributed by atoms with Crippen LogP contribution in [0.3, 0.4) is 0 Å². The van der Waals surface area contributed by atoms with Gasteiger partial charge in [-0.05, 0) is 37.3 Å². The Morgan fingerprint density at radius 3 is 2.94 bits per heavy atom. The summed E-state index contributed by atoms with van der Waals surface area (Å²) in [6.45, 7) is 3.76. The minimum Gasteiger partial charge on any atom is -0.493 e. The van der Waals surface area contributed by atoms with Gasteiger partial charge in [-0.2, -0.15) is 10.1 Å². The number of benzene rings is 1. The lowest BCUT2D eigenvalue weighted by atomic mass is 10.1. The van der Waals surface area contributed by atoms with Gasteiger partial charge in [-0.15, -0.1) is 0 Å². The Hall–Kier alpha value is -2.91. The zero-order chi connectivity index (χ0) is 21.6. The fraction of sp³-hybridized carbons (Fsp3) is 0.429. The van der Waals surface area contributed by atoms with Crippen molar-refractivity contribution in [1.82, 2.24) is 25.2 Å². The number of amides is 1. The van der Waals surface area contributed by atoms with Crippen molar-refractivity contribution in [2.75, 3.05) is 26.3 Å². The first-order valence-electron chi connectivity index (χ1n) is 10.2. The van der Waals surface area contributed by atoms with Crippen LogP contribution in [0, 0.1) is 6.92 Å². The zero-order valence-electron chi connectivity index (χ0n) is 17.2. The number of nitrogens with one attached hydrogen (secondary N) is 1. The second kappa shape index (κ2) is 9.93. The summed E-state index contributed by atoms with van der Waals surface area (Å²) in [5.41, 5.74) is 1.73. The van der Waals surface area contributed by atoms with Crippen molar-refractivity contribution in [2.24, 2.45) is 0 Å². The number of aromatic amines is 1. The van der Waals surface area contributed by atoms with Gasteiger partial charge in [-0.3, -0.25) is 9.89 Å². The molecule has 3 heterocycles. The maximum atomic E-state index is 12.6. The number of carbonyl (C=O) groups excluding carboxylic acids is 1. The lowest BCUT2D eigenvalue weighted by Crippen LogP contribution is -2.42. The third-order valence-corrected chi connectivity index (χ3v) is 5.23. The van der Waals surface area contributed by atoms with Crippen LogP contribution in [0.5, 0.6) is 5.75 Å². The number of hydrogen-bond acceptors (Lipinski definition) is 7. The monoisotopic (exact) mass is 445 g/mol. The Balaban J connectivity index is 1.25. The van der Waals surface area contributed by atoms with Crippen LogP contribution in [0.25, 0.3) is 0 Å².